The molecule has 0 bridgehead atoms. The zero-order valence-corrected chi connectivity index (χ0v) is 37.5. The third-order valence-electron chi connectivity index (χ3n) is 10.2. The van der Waals surface area contributed by atoms with Gasteiger partial charge in [0, 0.05) is 37.4 Å². The van der Waals surface area contributed by atoms with E-state index in [1.54, 1.807) is 76.3 Å². The van der Waals surface area contributed by atoms with Gasteiger partial charge in [0.05, 0.1) is 24.5 Å². The predicted molar refractivity (Wildman–Crippen MR) is 235 cm³/mol. The van der Waals surface area contributed by atoms with E-state index in [1.807, 2.05) is 39.0 Å². The number of benzene rings is 3. The molecule has 0 radical (unpaired) electrons. The van der Waals surface area contributed by atoms with Gasteiger partial charge in [-0.25, -0.2) is 22.8 Å². The number of ketones is 1. The Hall–Kier alpha value is -5.81. The van der Waals surface area contributed by atoms with Crippen LogP contribution in [0, 0.1) is 12.8 Å². The van der Waals surface area contributed by atoms with E-state index in [0.717, 1.165) is 17.0 Å². The highest BCUT2D eigenvalue weighted by Gasteiger charge is 2.45. The second-order valence-electron chi connectivity index (χ2n) is 16.8. The molecule has 0 aromatic heterocycles. The van der Waals surface area contributed by atoms with Crippen LogP contribution in [0.1, 0.15) is 77.8 Å². The minimum absolute atomic E-state index is 0.0107. The van der Waals surface area contributed by atoms with Gasteiger partial charge in [-0.2, -0.15) is 4.31 Å². The van der Waals surface area contributed by atoms with Crippen molar-refractivity contribution in [1.29, 1.82) is 0 Å². The summed E-state index contributed by atoms with van der Waals surface area (Å²) in [5.74, 6) is -2.02. The van der Waals surface area contributed by atoms with Crippen LogP contribution in [0.15, 0.2) is 83.8 Å². The van der Waals surface area contributed by atoms with E-state index >= 15 is 0 Å². The third-order valence-corrected chi connectivity index (χ3v) is 12.1. The van der Waals surface area contributed by atoms with Crippen LogP contribution < -0.4 is 21.3 Å². The van der Waals surface area contributed by atoms with Crippen molar-refractivity contribution in [2.75, 3.05) is 31.3 Å². The molecule has 1 heterocycles. The van der Waals surface area contributed by atoms with Crippen molar-refractivity contribution in [3.05, 3.63) is 90.0 Å². The van der Waals surface area contributed by atoms with E-state index < -0.39 is 63.8 Å². The van der Waals surface area contributed by atoms with Gasteiger partial charge in [0.25, 0.3) is 0 Å². The molecule has 1 aliphatic heterocycles. The van der Waals surface area contributed by atoms with Gasteiger partial charge in [-0.05, 0) is 101 Å². The number of nitrogens with one attached hydrogen (secondary N) is 4. The summed E-state index contributed by atoms with van der Waals surface area (Å²) in [5, 5.41) is 10.9. The Kier molecular flexibility index (Phi) is 17.2. The number of carbonyl (C=O) groups is 6. The summed E-state index contributed by atoms with van der Waals surface area (Å²) in [7, 11) is -1.49. The summed E-state index contributed by atoms with van der Waals surface area (Å²) in [6.07, 6.45) is -0.376. The molecule has 17 heteroatoms. The number of likely N-dealkylation sites (N-methyl/N-ethyl adjacent to an activating group) is 1. The lowest BCUT2D eigenvalue weighted by Gasteiger charge is -2.29. The molecule has 0 unspecified atom stereocenters. The Labute approximate surface area is 364 Å². The second-order valence-corrected chi connectivity index (χ2v) is 18.7. The number of sulfonamides is 1. The fraction of sp³-hybridized carbons (Fsp3) is 0.467. The number of urea groups is 1. The first-order valence-electron chi connectivity index (χ1n) is 20.6. The van der Waals surface area contributed by atoms with Gasteiger partial charge in [0.1, 0.15) is 17.7 Å². The van der Waals surface area contributed by atoms with Gasteiger partial charge in [-0.15, -0.1) is 0 Å². The zero-order chi connectivity index (χ0) is 45.8. The fourth-order valence-electron chi connectivity index (χ4n) is 7.05. The molecule has 4 N–H and O–H groups in total. The van der Waals surface area contributed by atoms with Gasteiger partial charge in [-0.3, -0.25) is 14.4 Å². The number of rotatable bonds is 18. The molecule has 3 aromatic rings. The van der Waals surface area contributed by atoms with Gasteiger partial charge in [-0.1, -0.05) is 62.4 Å². The van der Waals surface area contributed by atoms with Crippen molar-refractivity contribution in [1.82, 2.24) is 19.8 Å². The Morgan fingerprint density at radius 3 is 2.16 bits per heavy atom. The van der Waals surface area contributed by atoms with Crippen molar-refractivity contribution in [3.63, 3.8) is 0 Å². The first-order chi connectivity index (χ1) is 29.2. The lowest BCUT2D eigenvalue weighted by atomic mass is 9.95. The molecule has 336 valence electrons. The molecule has 62 heavy (non-hydrogen) atoms. The van der Waals surface area contributed by atoms with Crippen molar-refractivity contribution in [2.45, 2.75) is 115 Å². The van der Waals surface area contributed by atoms with Crippen LogP contribution in [0.2, 0.25) is 0 Å². The van der Waals surface area contributed by atoms with Crippen LogP contribution in [-0.2, 0) is 45.1 Å². The minimum Gasteiger partial charge on any atom is -0.467 e. The molecular weight excluding hydrogens is 817 g/mol. The number of carbonyl (C=O) groups excluding carboxylic acids is 6. The molecule has 4 rings (SSSR count). The molecule has 4 atom stereocenters. The average molecular weight is 877 g/mol. The molecule has 1 fully saturated rings. The Morgan fingerprint density at radius 1 is 0.903 bits per heavy atom. The van der Waals surface area contributed by atoms with E-state index in [9.17, 15) is 37.2 Å². The Morgan fingerprint density at radius 2 is 1.55 bits per heavy atom. The lowest BCUT2D eigenvalue weighted by molar-refractivity contribution is -0.145. The van der Waals surface area contributed by atoms with E-state index in [1.165, 1.54) is 17.0 Å². The summed E-state index contributed by atoms with van der Waals surface area (Å²) in [6.45, 7) is 10.6. The number of alkyl carbamates (subject to hydrolysis) is 1. The van der Waals surface area contributed by atoms with Crippen molar-refractivity contribution in [3.8, 4) is 0 Å². The summed E-state index contributed by atoms with van der Waals surface area (Å²) in [5.41, 5.74) is 2.00. The van der Waals surface area contributed by atoms with Crippen LogP contribution >= 0.6 is 0 Å². The van der Waals surface area contributed by atoms with Gasteiger partial charge in [0.15, 0.2) is 5.78 Å². The van der Waals surface area contributed by atoms with E-state index in [2.05, 4.69) is 21.3 Å². The molecule has 5 amide bonds. The van der Waals surface area contributed by atoms with Crippen LogP contribution in [0.4, 0.5) is 21.0 Å². The maximum absolute atomic E-state index is 13.9. The van der Waals surface area contributed by atoms with E-state index in [0.29, 0.717) is 23.4 Å². The number of para-hydroxylation sites is 1. The topological polar surface area (TPSA) is 210 Å². The number of hydrogen-bond donors (Lipinski definition) is 4. The highest BCUT2D eigenvalue weighted by molar-refractivity contribution is 7.89. The van der Waals surface area contributed by atoms with Gasteiger partial charge < -0.3 is 35.6 Å². The standard InChI is InChI=1S/C45H60N6O10S/c1-29(2)25-37(50(7)40(53)26-31-21-23-32(24-22-31)46-43(56)49-35-18-13-12-15-30(35)3)39(52)20-14-19-36(42(55)60-8)48-41(54)38-27-33(47-44(57)61-45(4,5)6)28-51(38)62(58,59)34-16-10-9-11-17-34/h9-13,15-18,21-24,29,33,36-38H,14,19-20,25-28H2,1-8H3,(H,47,57)(H,48,54)(H2,46,49,56)/t33-,36+,37+,38+/m1/s1. The maximum Gasteiger partial charge on any atom is 0.407 e. The quantitative estimate of drug-likeness (QED) is 0.113. The Balaban J connectivity index is 1.39. The van der Waals surface area contributed by atoms with E-state index in [-0.39, 0.29) is 61.2 Å². The smallest absolute Gasteiger partial charge is 0.407 e. The van der Waals surface area contributed by atoms with E-state index in [4.69, 9.17) is 9.47 Å². The maximum atomic E-state index is 13.9. The number of hydrogen-bond acceptors (Lipinski definition) is 10. The SMILES string of the molecule is COC(=O)[C@H](CCCC(=O)[C@H](CC(C)C)N(C)C(=O)Cc1ccc(NC(=O)Nc2ccccc2C)cc1)NC(=O)[C@@H]1C[C@@H](NC(=O)OC(C)(C)C)CN1S(=O)(=O)c1ccccc1. The monoisotopic (exact) mass is 876 g/mol. The molecule has 3 aromatic carbocycles. The number of esters is 1. The summed E-state index contributed by atoms with van der Waals surface area (Å²) < 4.78 is 39.0. The van der Waals surface area contributed by atoms with Gasteiger partial charge in [0.2, 0.25) is 21.8 Å². The average Bonchev–Trinajstić information content (AvgIpc) is 3.64. The number of ether oxygens (including phenoxy) is 2. The Bertz CT molecular complexity index is 2160. The highest BCUT2D eigenvalue weighted by atomic mass is 32.2. The van der Waals surface area contributed by atoms with Crippen LogP contribution in [0.25, 0.3) is 0 Å². The molecule has 16 nitrogen and oxygen atoms in total. The minimum atomic E-state index is -4.23. The van der Waals surface area contributed by atoms with Crippen LogP contribution in [0.5, 0.6) is 0 Å². The number of aryl methyl sites for hydroxylation is 1. The van der Waals surface area contributed by atoms with Crippen LogP contribution in [0.3, 0.4) is 0 Å². The van der Waals surface area contributed by atoms with Gasteiger partial charge >= 0.3 is 18.1 Å². The molecule has 0 saturated carbocycles. The van der Waals surface area contributed by atoms with Crippen molar-refractivity contribution in [2.24, 2.45) is 5.92 Å². The number of methoxy groups -OCH3 is 1. The number of Topliss-reactive ketones (excluding diaryl/α,β-unsaturated/α-hetero) is 1. The normalized spacial score (nSPS) is 16.4. The van der Waals surface area contributed by atoms with Crippen molar-refractivity contribution >= 4 is 57.1 Å². The fourth-order valence-corrected chi connectivity index (χ4v) is 8.72. The third kappa shape index (κ3) is 14.1. The number of anilines is 2. The van der Waals surface area contributed by atoms with Crippen LogP contribution in [-0.4, -0.2) is 104 Å². The highest BCUT2D eigenvalue weighted by Crippen LogP contribution is 2.28. The molecule has 1 saturated heterocycles. The molecule has 0 spiro atoms. The lowest BCUT2D eigenvalue weighted by Crippen LogP contribution is -2.51. The number of amides is 5. The molecular formula is C45H60N6O10S. The number of nitrogens with zero attached hydrogens (tertiary/aromatic N) is 2. The summed E-state index contributed by atoms with van der Waals surface area (Å²) in [4.78, 5) is 80.8. The molecule has 0 aliphatic carbocycles. The first kappa shape index (κ1) is 48.9. The molecule has 1 aliphatic rings. The zero-order valence-electron chi connectivity index (χ0n) is 36.7. The van der Waals surface area contributed by atoms with Crippen molar-refractivity contribution < 1.29 is 46.7 Å². The summed E-state index contributed by atoms with van der Waals surface area (Å²) >= 11 is 0. The first-order valence-corrected chi connectivity index (χ1v) is 22.1. The predicted octanol–water partition coefficient (Wildman–Crippen LogP) is 5.81. The largest absolute Gasteiger partial charge is 0.467 e. The summed E-state index contributed by atoms with van der Waals surface area (Å²) in [6, 6.07) is 17.3. The second kappa shape index (κ2) is 21.8.